The highest BCUT2D eigenvalue weighted by Gasteiger charge is 2.05. The zero-order valence-electron chi connectivity index (χ0n) is 8.85. The molecule has 0 spiro atoms. The fourth-order valence-electron chi connectivity index (χ4n) is 1.38. The van der Waals surface area contributed by atoms with Gasteiger partial charge in [0.05, 0.1) is 0 Å². The summed E-state index contributed by atoms with van der Waals surface area (Å²) in [6.07, 6.45) is 0. The fraction of sp³-hybridized carbons (Fsp3) is 0. The first-order chi connectivity index (χ1) is 8.15. The molecule has 2 aromatic carbocycles. The van der Waals surface area contributed by atoms with Gasteiger partial charge in [0.1, 0.15) is 5.82 Å². The summed E-state index contributed by atoms with van der Waals surface area (Å²) in [5, 5.41) is 2.67. The minimum absolute atomic E-state index is 0.243. The maximum Gasteiger partial charge on any atom is 0.255 e. The zero-order valence-corrected chi connectivity index (χ0v) is 9.75. The molecule has 0 bridgehead atoms. The molecule has 0 aliphatic rings. The van der Waals surface area contributed by atoms with Gasteiger partial charge in [-0.3, -0.25) is 4.79 Å². The number of benzene rings is 2. The molecule has 0 radical (unpaired) electrons. The van der Waals surface area contributed by atoms with Crippen molar-refractivity contribution in [3.63, 3.8) is 0 Å². The molecule has 17 heavy (non-hydrogen) atoms. The van der Waals surface area contributed by atoms with E-state index in [1.807, 2.05) is 0 Å². The van der Waals surface area contributed by atoms with Crippen LogP contribution in [0.25, 0.3) is 0 Å². The van der Waals surface area contributed by atoms with E-state index in [9.17, 15) is 9.18 Å². The zero-order chi connectivity index (χ0) is 12.3. The van der Waals surface area contributed by atoms with E-state index in [0.29, 0.717) is 11.3 Å². The van der Waals surface area contributed by atoms with Gasteiger partial charge >= 0.3 is 0 Å². The Bertz CT molecular complexity index is 539. The summed E-state index contributed by atoms with van der Waals surface area (Å²) >= 11 is 4.16. The van der Waals surface area contributed by atoms with Gasteiger partial charge < -0.3 is 5.32 Å². The first kappa shape index (κ1) is 11.7. The van der Waals surface area contributed by atoms with Crippen molar-refractivity contribution in [1.82, 2.24) is 0 Å². The number of rotatable bonds is 2. The van der Waals surface area contributed by atoms with Crippen LogP contribution in [0.5, 0.6) is 0 Å². The maximum absolute atomic E-state index is 12.7. The number of carbonyl (C=O) groups is 1. The Morgan fingerprint density at radius 1 is 1.12 bits per heavy atom. The molecule has 0 saturated carbocycles. The number of hydrogen-bond acceptors (Lipinski definition) is 2. The van der Waals surface area contributed by atoms with E-state index in [0.717, 1.165) is 4.90 Å². The number of halogens is 1. The van der Waals surface area contributed by atoms with Crippen molar-refractivity contribution in [2.24, 2.45) is 0 Å². The highest BCUT2D eigenvalue weighted by atomic mass is 32.1. The van der Waals surface area contributed by atoms with Crippen molar-refractivity contribution in [1.29, 1.82) is 0 Å². The van der Waals surface area contributed by atoms with Crippen molar-refractivity contribution in [3.8, 4) is 0 Å². The normalized spacial score (nSPS) is 10.0. The van der Waals surface area contributed by atoms with Crippen LogP contribution in [0.4, 0.5) is 10.1 Å². The number of hydrogen-bond donors (Lipinski definition) is 2. The molecule has 86 valence electrons. The molecule has 0 heterocycles. The fourth-order valence-corrected chi connectivity index (χ4v) is 1.61. The lowest BCUT2D eigenvalue weighted by molar-refractivity contribution is 0.102. The molecule has 0 aliphatic heterocycles. The van der Waals surface area contributed by atoms with Crippen molar-refractivity contribution in [3.05, 3.63) is 59.9 Å². The Morgan fingerprint density at radius 2 is 1.82 bits per heavy atom. The molecule has 0 unspecified atom stereocenters. The summed E-state index contributed by atoms with van der Waals surface area (Å²) in [7, 11) is 0. The third-order valence-electron chi connectivity index (χ3n) is 2.21. The maximum atomic E-state index is 12.7. The number of carbonyl (C=O) groups excluding carboxylic acids is 1. The van der Waals surface area contributed by atoms with E-state index in [2.05, 4.69) is 17.9 Å². The van der Waals surface area contributed by atoms with Gasteiger partial charge in [-0.05, 0) is 42.5 Å². The largest absolute Gasteiger partial charge is 0.322 e. The molecule has 2 nitrogen and oxygen atoms in total. The highest BCUT2D eigenvalue weighted by Crippen LogP contribution is 2.13. The van der Waals surface area contributed by atoms with Gasteiger partial charge in [0.2, 0.25) is 0 Å². The molecule has 0 aromatic heterocycles. The van der Waals surface area contributed by atoms with Crippen LogP contribution in [0.3, 0.4) is 0 Å². The van der Waals surface area contributed by atoms with Crippen LogP contribution < -0.4 is 5.32 Å². The molecule has 2 aromatic rings. The van der Waals surface area contributed by atoms with Gasteiger partial charge in [-0.2, -0.15) is 0 Å². The van der Waals surface area contributed by atoms with Crippen LogP contribution in [0, 0.1) is 5.82 Å². The van der Waals surface area contributed by atoms with E-state index in [-0.39, 0.29) is 11.7 Å². The monoisotopic (exact) mass is 247 g/mol. The molecule has 4 heteroatoms. The summed E-state index contributed by atoms with van der Waals surface area (Å²) in [5.41, 5.74) is 1.07. The molecule has 1 N–H and O–H groups in total. The average Bonchev–Trinajstić information content (AvgIpc) is 2.32. The minimum Gasteiger partial charge on any atom is -0.322 e. The van der Waals surface area contributed by atoms with Gasteiger partial charge in [0, 0.05) is 16.1 Å². The summed E-state index contributed by atoms with van der Waals surface area (Å²) in [6, 6.07) is 12.5. The van der Waals surface area contributed by atoms with Gasteiger partial charge in [-0.25, -0.2) is 4.39 Å². The highest BCUT2D eigenvalue weighted by molar-refractivity contribution is 7.80. The summed E-state index contributed by atoms with van der Waals surface area (Å²) in [6.45, 7) is 0. The Labute approximate surface area is 104 Å². The summed E-state index contributed by atoms with van der Waals surface area (Å²) < 4.78 is 12.7. The van der Waals surface area contributed by atoms with Crippen LogP contribution >= 0.6 is 12.6 Å². The number of amides is 1. The number of nitrogens with one attached hydrogen (secondary N) is 1. The predicted octanol–water partition coefficient (Wildman–Crippen LogP) is 3.37. The molecule has 0 aliphatic carbocycles. The van der Waals surface area contributed by atoms with Crippen LogP contribution in [0.15, 0.2) is 53.4 Å². The van der Waals surface area contributed by atoms with Crippen LogP contribution in [-0.4, -0.2) is 5.91 Å². The van der Waals surface area contributed by atoms with Crippen LogP contribution in [0.2, 0.25) is 0 Å². The van der Waals surface area contributed by atoms with Crippen LogP contribution in [0.1, 0.15) is 10.4 Å². The first-order valence-electron chi connectivity index (χ1n) is 5.01. The Kier molecular flexibility index (Phi) is 3.44. The lowest BCUT2D eigenvalue weighted by atomic mass is 10.2. The SMILES string of the molecule is O=C(Nc1ccc(F)cc1)c1cccc(S)c1. The predicted molar refractivity (Wildman–Crippen MR) is 68.0 cm³/mol. The van der Waals surface area contributed by atoms with Crippen molar-refractivity contribution in [2.75, 3.05) is 5.32 Å². The summed E-state index contributed by atoms with van der Waals surface area (Å²) in [5.74, 6) is -0.576. The molecular weight excluding hydrogens is 237 g/mol. The second-order valence-corrected chi connectivity index (χ2v) is 4.03. The average molecular weight is 247 g/mol. The topological polar surface area (TPSA) is 29.1 Å². The van der Waals surface area contributed by atoms with E-state index in [1.54, 1.807) is 24.3 Å². The van der Waals surface area contributed by atoms with Crippen LogP contribution in [-0.2, 0) is 0 Å². The standard InChI is InChI=1S/C13H10FNOS/c14-10-4-6-11(7-5-10)15-13(16)9-2-1-3-12(17)8-9/h1-8,17H,(H,15,16). The Morgan fingerprint density at radius 3 is 2.47 bits per heavy atom. The third-order valence-corrected chi connectivity index (χ3v) is 2.49. The van der Waals surface area contributed by atoms with Gasteiger partial charge in [-0.1, -0.05) is 6.07 Å². The van der Waals surface area contributed by atoms with Gasteiger partial charge in [-0.15, -0.1) is 12.6 Å². The van der Waals surface area contributed by atoms with Crippen molar-refractivity contribution < 1.29 is 9.18 Å². The van der Waals surface area contributed by atoms with Gasteiger partial charge in [0.15, 0.2) is 0 Å². The summed E-state index contributed by atoms with van der Waals surface area (Å²) in [4.78, 5) is 12.5. The molecule has 0 atom stereocenters. The van der Waals surface area contributed by atoms with Gasteiger partial charge in [0.25, 0.3) is 5.91 Å². The molecule has 2 rings (SSSR count). The quantitative estimate of drug-likeness (QED) is 0.783. The number of thiol groups is 1. The number of anilines is 1. The molecule has 0 fully saturated rings. The lowest BCUT2D eigenvalue weighted by Gasteiger charge is -2.05. The Hall–Kier alpha value is -1.81. The smallest absolute Gasteiger partial charge is 0.255 e. The lowest BCUT2D eigenvalue weighted by Crippen LogP contribution is -2.11. The molecule has 0 saturated heterocycles. The first-order valence-corrected chi connectivity index (χ1v) is 5.46. The van der Waals surface area contributed by atoms with Crippen molar-refractivity contribution >= 4 is 24.2 Å². The molecular formula is C13H10FNOS. The van der Waals surface area contributed by atoms with E-state index < -0.39 is 0 Å². The molecule has 1 amide bonds. The van der Waals surface area contributed by atoms with Crippen molar-refractivity contribution in [2.45, 2.75) is 4.90 Å². The minimum atomic E-state index is -0.333. The van der Waals surface area contributed by atoms with E-state index in [4.69, 9.17) is 0 Å². The second-order valence-electron chi connectivity index (χ2n) is 3.51. The van der Waals surface area contributed by atoms with E-state index >= 15 is 0 Å². The van der Waals surface area contributed by atoms with E-state index in [1.165, 1.54) is 24.3 Å². The third kappa shape index (κ3) is 3.07. The second kappa shape index (κ2) is 5.01. The Balaban J connectivity index is 2.14.